The highest BCUT2D eigenvalue weighted by Gasteiger charge is 2.15. The summed E-state index contributed by atoms with van der Waals surface area (Å²) in [6.45, 7) is 2.35. The van der Waals surface area contributed by atoms with Crippen LogP contribution in [0.4, 0.5) is 0 Å². The minimum atomic E-state index is -0.222. The molecule has 0 aliphatic heterocycles. The van der Waals surface area contributed by atoms with Gasteiger partial charge in [0.15, 0.2) is 0 Å². The predicted molar refractivity (Wildman–Crippen MR) is 95.0 cm³/mol. The number of nitrogens with zero attached hydrogens (tertiary/aromatic N) is 1. The Morgan fingerprint density at radius 3 is 2.67 bits per heavy atom. The zero-order valence-corrected chi connectivity index (χ0v) is 13.8. The molecule has 0 aliphatic carbocycles. The van der Waals surface area contributed by atoms with Crippen LogP contribution in [0.3, 0.4) is 0 Å². The second kappa shape index (κ2) is 7.13. The topological polar surface area (TPSA) is 51.2 Å². The van der Waals surface area contributed by atoms with Gasteiger partial charge in [-0.25, -0.2) is 0 Å². The molecule has 122 valence electrons. The third kappa shape index (κ3) is 3.54. The highest BCUT2D eigenvalue weighted by atomic mass is 16.5. The molecule has 1 atom stereocenters. The molecule has 4 nitrogen and oxygen atoms in total. The number of benzene rings is 2. The Balaban J connectivity index is 1.72. The monoisotopic (exact) mass is 320 g/mol. The van der Waals surface area contributed by atoms with Crippen molar-refractivity contribution < 1.29 is 9.53 Å². The fraction of sp³-hybridized carbons (Fsp3) is 0.200. The largest absolute Gasteiger partial charge is 0.497 e. The average Bonchev–Trinajstić information content (AvgIpc) is 2.65. The number of hydrogen-bond donors (Lipinski definition) is 1. The van der Waals surface area contributed by atoms with Gasteiger partial charge in [-0.05, 0) is 47.5 Å². The van der Waals surface area contributed by atoms with Gasteiger partial charge in [-0.15, -0.1) is 0 Å². The van der Waals surface area contributed by atoms with Crippen molar-refractivity contribution in [3.05, 3.63) is 72.1 Å². The highest BCUT2D eigenvalue weighted by molar-refractivity contribution is 5.88. The molecule has 0 aliphatic rings. The minimum absolute atomic E-state index is 0.00600. The van der Waals surface area contributed by atoms with Crippen LogP contribution in [0.1, 0.15) is 24.1 Å². The van der Waals surface area contributed by atoms with E-state index in [0.717, 1.165) is 27.8 Å². The normalized spacial score (nSPS) is 11.9. The van der Waals surface area contributed by atoms with E-state index in [0.29, 0.717) is 6.54 Å². The Morgan fingerprint density at radius 2 is 1.92 bits per heavy atom. The summed E-state index contributed by atoms with van der Waals surface area (Å²) >= 11 is 0. The van der Waals surface area contributed by atoms with Crippen molar-refractivity contribution in [1.29, 1.82) is 0 Å². The quantitative estimate of drug-likeness (QED) is 0.780. The van der Waals surface area contributed by atoms with Crippen molar-refractivity contribution in [2.45, 2.75) is 19.4 Å². The molecule has 3 rings (SSSR count). The van der Waals surface area contributed by atoms with E-state index in [1.807, 2.05) is 55.5 Å². The van der Waals surface area contributed by atoms with Crippen LogP contribution in [0.2, 0.25) is 0 Å². The summed E-state index contributed by atoms with van der Waals surface area (Å²) in [5.74, 6) is 0.602. The van der Waals surface area contributed by atoms with Crippen LogP contribution in [0.25, 0.3) is 10.8 Å². The van der Waals surface area contributed by atoms with Gasteiger partial charge in [-0.2, -0.15) is 0 Å². The number of nitrogens with one attached hydrogen (secondary N) is 1. The van der Waals surface area contributed by atoms with E-state index in [4.69, 9.17) is 4.74 Å². The molecular weight excluding hydrogens is 300 g/mol. The average molecular weight is 320 g/mol. The van der Waals surface area contributed by atoms with Crippen LogP contribution in [-0.4, -0.2) is 18.0 Å². The van der Waals surface area contributed by atoms with Crippen molar-refractivity contribution in [3.63, 3.8) is 0 Å². The Labute approximate surface area is 141 Å². The molecule has 1 heterocycles. The number of carbonyl (C=O) groups is 1. The fourth-order valence-corrected chi connectivity index (χ4v) is 2.62. The number of methoxy groups -OCH3 is 1. The molecule has 2 aromatic carbocycles. The SMILES string of the molecule is COc1ccc2cc([C@H](C)C(=O)NCc3ccccn3)ccc2c1. The van der Waals surface area contributed by atoms with Crippen LogP contribution in [0.15, 0.2) is 60.8 Å². The van der Waals surface area contributed by atoms with E-state index in [-0.39, 0.29) is 11.8 Å². The Bertz CT molecular complexity index is 847. The number of carbonyl (C=O) groups excluding carboxylic acids is 1. The van der Waals surface area contributed by atoms with Gasteiger partial charge in [0.05, 0.1) is 25.3 Å². The zero-order valence-electron chi connectivity index (χ0n) is 13.8. The molecule has 1 N–H and O–H groups in total. The number of fused-ring (bicyclic) bond motifs is 1. The van der Waals surface area contributed by atoms with Crippen molar-refractivity contribution in [2.24, 2.45) is 0 Å². The number of ether oxygens (including phenoxy) is 1. The van der Waals surface area contributed by atoms with Crippen molar-refractivity contribution in [3.8, 4) is 5.75 Å². The lowest BCUT2D eigenvalue weighted by Crippen LogP contribution is -2.27. The molecular formula is C20H20N2O2. The van der Waals surface area contributed by atoms with Gasteiger partial charge in [0, 0.05) is 6.20 Å². The van der Waals surface area contributed by atoms with E-state index < -0.39 is 0 Å². The maximum atomic E-state index is 12.4. The number of rotatable bonds is 5. The lowest BCUT2D eigenvalue weighted by Gasteiger charge is -2.13. The summed E-state index contributed by atoms with van der Waals surface area (Å²) in [4.78, 5) is 16.6. The van der Waals surface area contributed by atoms with Crippen LogP contribution in [-0.2, 0) is 11.3 Å². The molecule has 4 heteroatoms. The van der Waals surface area contributed by atoms with E-state index in [1.165, 1.54) is 0 Å². The van der Waals surface area contributed by atoms with Crippen LogP contribution >= 0.6 is 0 Å². The predicted octanol–water partition coefficient (Wildman–Crippen LogP) is 3.66. The van der Waals surface area contributed by atoms with E-state index in [9.17, 15) is 4.79 Å². The van der Waals surface area contributed by atoms with Gasteiger partial charge in [-0.1, -0.05) is 30.3 Å². The number of amides is 1. The first-order valence-corrected chi connectivity index (χ1v) is 7.92. The summed E-state index contributed by atoms with van der Waals surface area (Å²) in [6, 6.07) is 17.7. The molecule has 24 heavy (non-hydrogen) atoms. The third-order valence-corrected chi connectivity index (χ3v) is 4.13. The Kier molecular flexibility index (Phi) is 4.75. The summed E-state index contributed by atoms with van der Waals surface area (Å²) < 4.78 is 5.24. The molecule has 0 saturated heterocycles. The fourth-order valence-electron chi connectivity index (χ4n) is 2.62. The summed E-state index contributed by atoms with van der Waals surface area (Å²) in [7, 11) is 1.66. The minimum Gasteiger partial charge on any atom is -0.497 e. The van der Waals surface area contributed by atoms with E-state index >= 15 is 0 Å². The van der Waals surface area contributed by atoms with Gasteiger partial charge in [0.2, 0.25) is 5.91 Å². The Morgan fingerprint density at radius 1 is 1.12 bits per heavy atom. The molecule has 1 amide bonds. The van der Waals surface area contributed by atoms with Crippen LogP contribution in [0, 0.1) is 0 Å². The summed E-state index contributed by atoms with van der Waals surface area (Å²) in [5, 5.41) is 5.13. The first-order valence-electron chi connectivity index (χ1n) is 7.92. The number of hydrogen-bond acceptors (Lipinski definition) is 3. The lowest BCUT2D eigenvalue weighted by atomic mass is 9.97. The molecule has 0 fully saturated rings. The maximum absolute atomic E-state index is 12.4. The number of pyridine rings is 1. The van der Waals surface area contributed by atoms with Gasteiger partial charge in [0.25, 0.3) is 0 Å². The molecule has 3 aromatic rings. The third-order valence-electron chi connectivity index (χ3n) is 4.13. The van der Waals surface area contributed by atoms with Gasteiger partial charge in [0.1, 0.15) is 5.75 Å². The maximum Gasteiger partial charge on any atom is 0.227 e. The van der Waals surface area contributed by atoms with Crippen molar-refractivity contribution in [2.75, 3.05) is 7.11 Å². The molecule has 0 radical (unpaired) electrons. The molecule has 0 unspecified atom stereocenters. The van der Waals surface area contributed by atoms with Crippen LogP contribution < -0.4 is 10.1 Å². The van der Waals surface area contributed by atoms with E-state index in [2.05, 4.69) is 16.4 Å². The standard InChI is InChI=1S/C20H20N2O2/c1-14(20(23)22-13-18-5-3-4-10-21-18)15-6-7-17-12-19(24-2)9-8-16(17)11-15/h3-12,14H,13H2,1-2H3,(H,22,23)/t14-/m0/s1. The van der Waals surface area contributed by atoms with Gasteiger partial charge < -0.3 is 10.1 Å². The van der Waals surface area contributed by atoms with Crippen molar-refractivity contribution >= 4 is 16.7 Å². The smallest absolute Gasteiger partial charge is 0.227 e. The molecule has 1 aromatic heterocycles. The highest BCUT2D eigenvalue weighted by Crippen LogP contribution is 2.25. The summed E-state index contributed by atoms with van der Waals surface area (Å²) in [5.41, 5.74) is 1.84. The molecule has 0 saturated carbocycles. The molecule has 0 bridgehead atoms. The summed E-state index contributed by atoms with van der Waals surface area (Å²) in [6.07, 6.45) is 1.72. The second-order valence-corrected chi connectivity index (χ2v) is 5.73. The second-order valence-electron chi connectivity index (χ2n) is 5.73. The van der Waals surface area contributed by atoms with Gasteiger partial charge >= 0.3 is 0 Å². The lowest BCUT2D eigenvalue weighted by molar-refractivity contribution is -0.122. The Hall–Kier alpha value is -2.88. The number of aromatic nitrogens is 1. The molecule has 0 spiro atoms. The van der Waals surface area contributed by atoms with E-state index in [1.54, 1.807) is 13.3 Å². The van der Waals surface area contributed by atoms with Gasteiger partial charge in [-0.3, -0.25) is 9.78 Å². The van der Waals surface area contributed by atoms with Crippen LogP contribution in [0.5, 0.6) is 5.75 Å². The first-order chi connectivity index (χ1) is 11.7. The first kappa shape index (κ1) is 16.0. The zero-order chi connectivity index (χ0) is 16.9. The van der Waals surface area contributed by atoms with Crippen molar-refractivity contribution in [1.82, 2.24) is 10.3 Å².